The first-order valence-electron chi connectivity index (χ1n) is 6.71. The monoisotopic (exact) mass is 253 g/mol. The highest BCUT2D eigenvalue weighted by atomic mass is 16.5. The summed E-state index contributed by atoms with van der Waals surface area (Å²) in [5.41, 5.74) is 1.36. The van der Waals surface area contributed by atoms with E-state index < -0.39 is 0 Å². The summed E-state index contributed by atoms with van der Waals surface area (Å²) in [6.45, 7) is 14.0. The van der Waals surface area contributed by atoms with Crippen LogP contribution in [0.3, 0.4) is 0 Å². The van der Waals surface area contributed by atoms with E-state index >= 15 is 0 Å². The van der Waals surface area contributed by atoms with Gasteiger partial charge in [-0.15, -0.1) is 0 Å². The second-order valence-corrected chi connectivity index (χ2v) is 6.18. The summed E-state index contributed by atoms with van der Waals surface area (Å²) in [5, 5.41) is 7.78. The highest BCUT2D eigenvalue weighted by Gasteiger charge is 2.09. The molecule has 0 bridgehead atoms. The summed E-state index contributed by atoms with van der Waals surface area (Å²) >= 11 is 0. The third-order valence-electron chi connectivity index (χ3n) is 2.43. The quantitative estimate of drug-likeness (QED) is 0.759. The first kappa shape index (κ1) is 15.2. The van der Waals surface area contributed by atoms with Crippen molar-refractivity contribution in [3.8, 4) is 0 Å². The van der Waals surface area contributed by atoms with Crippen molar-refractivity contribution in [1.82, 2.24) is 15.1 Å². The lowest BCUT2D eigenvalue weighted by molar-refractivity contribution is 0.101. The SMILES string of the molecule is CC(C)COCCn1cc(CNC(C)(C)C)cn1. The van der Waals surface area contributed by atoms with E-state index in [1.54, 1.807) is 0 Å². The van der Waals surface area contributed by atoms with Gasteiger partial charge in [0.1, 0.15) is 0 Å². The maximum absolute atomic E-state index is 5.55. The van der Waals surface area contributed by atoms with Crippen molar-refractivity contribution in [2.24, 2.45) is 5.92 Å². The van der Waals surface area contributed by atoms with Crippen molar-refractivity contribution in [1.29, 1.82) is 0 Å². The summed E-state index contributed by atoms with van der Waals surface area (Å²) < 4.78 is 7.49. The molecule has 1 aromatic heterocycles. The molecule has 18 heavy (non-hydrogen) atoms. The van der Waals surface area contributed by atoms with E-state index in [1.807, 2.05) is 10.9 Å². The molecule has 1 heterocycles. The van der Waals surface area contributed by atoms with Crippen molar-refractivity contribution < 1.29 is 4.74 Å². The maximum Gasteiger partial charge on any atom is 0.0662 e. The third-order valence-corrected chi connectivity index (χ3v) is 2.43. The standard InChI is InChI=1S/C14H27N3O/c1-12(2)11-18-7-6-17-10-13(9-16-17)8-15-14(3,4)5/h9-10,12,15H,6-8,11H2,1-5H3. The molecular weight excluding hydrogens is 226 g/mol. The molecule has 0 radical (unpaired) electrons. The molecule has 0 spiro atoms. The van der Waals surface area contributed by atoms with Crippen LogP contribution in [0.15, 0.2) is 12.4 Å². The van der Waals surface area contributed by atoms with Gasteiger partial charge in [0.05, 0.1) is 19.3 Å². The van der Waals surface area contributed by atoms with Gasteiger partial charge in [-0.2, -0.15) is 5.10 Å². The summed E-state index contributed by atoms with van der Waals surface area (Å²) in [6, 6.07) is 0. The fraction of sp³-hybridized carbons (Fsp3) is 0.786. The smallest absolute Gasteiger partial charge is 0.0662 e. The Morgan fingerprint density at radius 1 is 1.39 bits per heavy atom. The van der Waals surface area contributed by atoms with Gasteiger partial charge in [0.15, 0.2) is 0 Å². The fourth-order valence-corrected chi connectivity index (χ4v) is 1.46. The van der Waals surface area contributed by atoms with E-state index in [-0.39, 0.29) is 5.54 Å². The first-order chi connectivity index (χ1) is 8.37. The average Bonchev–Trinajstić information content (AvgIpc) is 2.68. The molecule has 1 rings (SSSR count). The van der Waals surface area contributed by atoms with E-state index in [9.17, 15) is 0 Å². The van der Waals surface area contributed by atoms with Gasteiger partial charge >= 0.3 is 0 Å². The van der Waals surface area contributed by atoms with Crippen molar-refractivity contribution in [2.75, 3.05) is 13.2 Å². The summed E-state index contributed by atoms with van der Waals surface area (Å²) in [5.74, 6) is 0.592. The fourth-order valence-electron chi connectivity index (χ4n) is 1.46. The van der Waals surface area contributed by atoms with Crippen LogP contribution in [0.5, 0.6) is 0 Å². The van der Waals surface area contributed by atoms with Gasteiger partial charge in [0, 0.05) is 30.5 Å². The minimum Gasteiger partial charge on any atom is -0.379 e. The normalized spacial score (nSPS) is 12.3. The molecule has 0 aliphatic carbocycles. The first-order valence-corrected chi connectivity index (χ1v) is 6.71. The van der Waals surface area contributed by atoms with Crippen molar-refractivity contribution in [3.63, 3.8) is 0 Å². The second-order valence-electron chi connectivity index (χ2n) is 6.18. The van der Waals surface area contributed by atoms with Crippen LogP contribution in [-0.2, 0) is 17.8 Å². The van der Waals surface area contributed by atoms with E-state index in [0.717, 1.165) is 26.3 Å². The number of nitrogens with one attached hydrogen (secondary N) is 1. The Kier molecular flexibility index (Phi) is 5.82. The Hall–Kier alpha value is -0.870. The predicted molar refractivity (Wildman–Crippen MR) is 74.5 cm³/mol. The molecule has 0 aliphatic heterocycles. The molecule has 0 amide bonds. The van der Waals surface area contributed by atoms with Crippen LogP contribution in [0, 0.1) is 5.92 Å². The molecule has 4 nitrogen and oxygen atoms in total. The summed E-state index contributed by atoms with van der Waals surface area (Å²) in [6.07, 6.45) is 4.00. The lowest BCUT2D eigenvalue weighted by atomic mass is 10.1. The van der Waals surface area contributed by atoms with E-state index in [2.05, 4.69) is 51.2 Å². The molecular formula is C14H27N3O. The topological polar surface area (TPSA) is 39.1 Å². The lowest BCUT2D eigenvalue weighted by Gasteiger charge is -2.19. The van der Waals surface area contributed by atoms with Gasteiger partial charge < -0.3 is 10.1 Å². The Balaban J connectivity index is 2.26. The number of ether oxygens (including phenoxy) is 1. The van der Waals surface area contributed by atoms with Crippen LogP contribution < -0.4 is 5.32 Å². The molecule has 1 aromatic rings. The number of hydrogen-bond donors (Lipinski definition) is 1. The second kappa shape index (κ2) is 6.90. The van der Waals surface area contributed by atoms with Crippen LogP contribution in [0.25, 0.3) is 0 Å². The molecule has 0 aromatic carbocycles. The Labute approximate surface area is 111 Å². The Morgan fingerprint density at radius 2 is 2.11 bits per heavy atom. The van der Waals surface area contributed by atoms with E-state index in [4.69, 9.17) is 4.74 Å². The minimum atomic E-state index is 0.141. The van der Waals surface area contributed by atoms with Gasteiger partial charge in [-0.25, -0.2) is 0 Å². The number of hydrogen-bond acceptors (Lipinski definition) is 3. The number of aromatic nitrogens is 2. The molecule has 0 fully saturated rings. The maximum atomic E-state index is 5.55. The van der Waals surface area contributed by atoms with E-state index in [0.29, 0.717) is 5.92 Å². The van der Waals surface area contributed by atoms with Crippen LogP contribution in [-0.4, -0.2) is 28.5 Å². The molecule has 0 saturated heterocycles. The average molecular weight is 253 g/mol. The van der Waals surface area contributed by atoms with Gasteiger partial charge in [-0.3, -0.25) is 4.68 Å². The Bertz CT molecular complexity index is 339. The van der Waals surface area contributed by atoms with Gasteiger partial charge in [0.25, 0.3) is 0 Å². The van der Waals surface area contributed by atoms with Crippen molar-refractivity contribution in [2.45, 2.75) is 53.2 Å². The molecule has 4 heteroatoms. The largest absolute Gasteiger partial charge is 0.379 e. The molecule has 1 N–H and O–H groups in total. The van der Waals surface area contributed by atoms with Crippen LogP contribution in [0.2, 0.25) is 0 Å². The highest BCUT2D eigenvalue weighted by molar-refractivity contribution is 5.03. The van der Waals surface area contributed by atoms with Crippen LogP contribution in [0.1, 0.15) is 40.2 Å². The van der Waals surface area contributed by atoms with Gasteiger partial charge in [-0.1, -0.05) is 13.8 Å². The Morgan fingerprint density at radius 3 is 2.72 bits per heavy atom. The summed E-state index contributed by atoms with van der Waals surface area (Å²) in [7, 11) is 0. The summed E-state index contributed by atoms with van der Waals surface area (Å²) in [4.78, 5) is 0. The third kappa shape index (κ3) is 6.77. The van der Waals surface area contributed by atoms with Crippen molar-refractivity contribution in [3.05, 3.63) is 18.0 Å². The molecule has 104 valence electrons. The highest BCUT2D eigenvalue weighted by Crippen LogP contribution is 2.03. The predicted octanol–water partition coefficient (Wildman–Crippen LogP) is 2.44. The van der Waals surface area contributed by atoms with Gasteiger partial charge in [0.2, 0.25) is 0 Å². The minimum absolute atomic E-state index is 0.141. The van der Waals surface area contributed by atoms with Crippen LogP contribution in [0.4, 0.5) is 0 Å². The van der Waals surface area contributed by atoms with E-state index in [1.165, 1.54) is 5.56 Å². The molecule has 0 aliphatic rings. The van der Waals surface area contributed by atoms with Crippen LogP contribution >= 0.6 is 0 Å². The number of nitrogens with zero attached hydrogens (tertiary/aromatic N) is 2. The molecule has 0 saturated carbocycles. The van der Waals surface area contributed by atoms with Crippen molar-refractivity contribution >= 4 is 0 Å². The zero-order valence-corrected chi connectivity index (χ0v) is 12.4. The lowest BCUT2D eigenvalue weighted by Crippen LogP contribution is -2.34. The zero-order chi connectivity index (χ0) is 13.6. The molecule has 0 atom stereocenters. The van der Waals surface area contributed by atoms with Gasteiger partial charge in [-0.05, 0) is 26.7 Å². The molecule has 0 unspecified atom stereocenters. The zero-order valence-electron chi connectivity index (χ0n) is 12.4. The number of rotatable bonds is 7.